The van der Waals surface area contributed by atoms with Crippen LogP contribution in [0.5, 0.6) is 5.75 Å². The van der Waals surface area contributed by atoms with Crippen LogP contribution in [0.3, 0.4) is 0 Å². The summed E-state index contributed by atoms with van der Waals surface area (Å²) in [5, 5.41) is 14.2. The van der Waals surface area contributed by atoms with Crippen molar-refractivity contribution in [2.45, 2.75) is 6.42 Å². The van der Waals surface area contributed by atoms with Crippen molar-refractivity contribution in [2.24, 2.45) is 0 Å². The summed E-state index contributed by atoms with van der Waals surface area (Å²) >= 11 is 5.90. The molecule has 8 heteroatoms. The van der Waals surface area contributed by atoms with Gasteiger partial charge in [0, 0.05) is 32.2 Å². The van der Waals surface area contributed by atoms with Crippen molar-refractivity contribution in [3.05, 3.63) is 33.3 Å². The monoisotopic (exact) mass is 313 g/mol. The Labute approximate surface area is 127 Å². The Hall–Kier alpha value is -1.86. The first-order valence-electron chi connectivity index (χ1n) is 6.64. The number of piperazine rings is 1. The van der Waals surface area contributed by atoms with E-state index in [1.807, 2.05) is 0 Å². The van der Waals surface area contributed by atoms with Gasteiger partial charge in [0.2, 0.25) is 11.7 Å². The van der Waals surface area contributed by atoms with Gasteiger partial charge in [-0.2, -0.15) is 0 Å². The van der Waals surface area contributed by atoms with Crippen LogP contribution >= 0.6 is 11.6 Å². The first kappa shape index (κ1) is 15.5. The van der Waals surface area contributed by atoms with Crippen molar-refractivity contribution in [3.63, 3.8) is 0 Å². The van der Waals surface area contributed by atoms with Gasteiger partial charge in [0.15, 0.2) is 0 Å². The van der Waals surface area contributed by atoms with E-state index in [1.165, 1.54) is 18.2 Å². The van der Waals surface area contributed by atoms with Crippen molar-refractivity contribution in [2.75, 3.05) is 32.8 Å². The number of nitrogens with one attached hydrogen (secondary N) is 1. The Balaban J connectivity index is 1.91. The maximum absolute atomic E-state index is 11.9. The number of rotatable bonds is 5. The Kier molecular flexibility index (Phi) is 5.35. The zero-order valence-electron chi connectivity index (χ0n) is 11.4. The lowest BCUT2D eigenvalue weighted by Crippen LogP contribution is -2.46. The van der Waals surface area contributed by atoms with E-state index in [9.17, 15) is 14.9 Å². The Bertz CT molecular complexity index is 532. The molecule has 0 aromatic heterocycles. The number of benzene rings is 1. The third kappa shape index (κ3) is 4.05. The smallest absolute Gasteiger partial charge is 0.312 e. The molecule has 1 aliphatic rings. The van der Waals surface area contributed by atoms with E-state index in [-0.39, 0.29) is 35.4 Å². The lowest BCUT2D eigenvalue weighted by molar-refractivity contribution is -0.385. The minimum absolute atomic E-state index is 0.0114. The maximum Gasteiger partial charge on any atom is 0.312 e. The zero-order valence-corrected chi connectivity index (χ0v) is 12.1. The van der Waals surface area contributed by atoms with Gasteiger partial charge >= 0.3 is 5.69 Å². The number of nitro benzene ring substituents is 1. The predicted octanol–water partition coefficient (Wildman–Crippen LogP) is 1.45. The van der Waals surface area contributed by atoms with Gasteiger partial charge in [-0.05, 0) is 6.07 Å². The Morgan fingerprint density at radius 1 is 1.43 bits per heavy atom. The van der Waals surface area contributed by atoms with E-state index in [1.54, 1.807) is 4.90 Å². The second kappa shape index (κ2) is 7.24. The SMILES string of the molecule is O=C(CCOc1c(Cl)cccc1[N+](=O)[O-])N1CCNCC1. The van der Waals surface area contributed by atoms with Crippen LogP contribution in [-0.2, 0) is 4.79 Å². The van der Waals surface area contributed by atoms with Gasteiger partial charge in [-0.25, -0.2) is 0 Å². The number of para-hydroxylation sites is 1. The molecule has 0 unspecified atom stereocenters. The summed E-state index contributed by atoms with van der Waals surface area (Å²) in [7, 11) is 0. The van der Waals surface area contributed by atoms with E-state index in [0.717, 1.165) is 13.1 Å². The largest absolute Gasteiger partial charge is 0.485 e. The highest BCUT2D eigenvalue weighted by atomic mass is 35.5. The van der Waals surface area contributed by atoms with Crippen LogP contribution < -0.4 is 10.1 Å². The lowest BCUT2D eigenvalue weighted by atomic mass is 10.3. The van der Waals surface area contributed by atoms with Crippen LogP contribution in [0.2, 0.25) is 5.02 Å². The molecular weight excluding hydrogens is 298 g/mol. The van der Waals surface area contributed by atoms with E-state index >= 15 is 0 Å². The minimum atomic E-state index is -0.556. The number of hydrogen-bond acceptors (Lipinski definition) is 5. The van der Waals surface area contributed by atoms with Gasteiger partial charge in [0.1, 0.15) is 0 Å². The van der Waals surface area contributed by atoms with Crippen LogP contribution in [0.4, 0.5) is 5.69 Å². The quantitative estimate of drug-likeness (QED) is 0.657. The summed E-state index contributed by atoms with van der Waals surface area (Å²) in [6.45, 7) is 2.97. The molecule has 1 aromatic carbocycles. The number of amides is 1. The summed E-state index contributed by atoms with van der Waals surface area (Å²) < 4.78 is 5.35. The highest BCUT2D eigenvalue weighted by Gasteiger charge is 2.20. The zero-order chi connectivity index (χ0) is 15.2. The molecule has 1 N–H and O–H groups in total. The van der Waals surface area contributed by atoms with E-state index in [2.05, 4.69) is 5.32 Å². The third-order valence-corrected chi connectivity index (χ3v) is 3.47. The molecule has 0 spiro atoms. The molecule has 1 aliphatic heterocycles. The van der Waals surface area contributed by atoms with Crippen molar-refractivity contribution < 1.29 is 14.5 Å². The molecule has 7 nitrogen and oxygen atoms in total. The molecule has 0 saturated carbocycles. The average Bonchev–Trinajstić information content (AvgIpc) is 2.49. The van der Waals surface area contributed by atoms with E-state index < -0.39 is 4.92 Å². The van der Waals surface area contributed by atoms with E-state index in [4.69, 9.17) is 16.3 Å². The van der Waals surface area contributed by atoms with Crippen LogP contribution in [0.15, 0.2) is 18.2 Å². The summed E-state index contributed by atoms with van der Waals surface area (Å²) in [4.78, 5) is 24.0. The molecule has 114 valence electrons. The second-order valence-electron chi connectivity index (χ2n) is 4.57. The molecule has 21 heavy (non-hydrogen) atoms. The molecule has 1 aromatic rings. The summed E-state index contributed by atoms with van der Waals surface area (Å²) in [5.41, 5.74) is -0.197. The molecular formula is C13H16ClN3O4. The molecule has 0 aliphatic carbocycles. The predicted molar refractivity (Wildman–Crippen MR) is 77.7 cm³/mol. The van der Waals surface area contributed by atoms with Gasteiger partial charge in [0.25, 0.3) is 0 Å². The number of nitro groups is 1. The molecule has 0 atom stereocenters. The number of halogens is 1. The molecule has 1 saturated heterocycles. The number of hydrogen-bond donors (Lipinski definition) is 1. The number of ether oxygens (including phenoxy) is 1. The van der Waals surface area contributed by atoms with Crippen molar-refractivity contribution >= 4 is 23.2 Å². The number of carbonyl (C=O) groups excluding carboxylic acids is 1. The Morgan fingerprint density at radius 2 is 2.14 bits per heavy atom. The minimum Gasteiger partial charge on any atom is -0.485 e. The van der Waals surface area contributed by atoms with E-state index in [0.29, 0.717) is 13.1 Å². The van der Waals surface area contributed by atoms with Crippen LogP contribution in [0.25, 0.3) is 0 Å². The second-order valence-corrected chi connectivity index (χ2v) is 4.98. The normalized spacial score (nSPS) is 14.8. The summed E-state index contributed by atoms with van der Waals surface area (Å²) in [6.07, 6.45) is 0.169. The lowest BCUT2D eigenvalue weighted by Gasteiger charge is -2.27. The standard InChI is InChI=1S/C13H16ClN3O4/c14-10-2-1-3-11(17(19)20)13(10)21-9-4-12(18)16-7-5-15-6-8-16/h1-3,15H,4-9H2. The van der Waals surface area contributed by atoms with Crippen LogP contribution in [0.1, 0.15) is 6.42 Å². The molecule has 1 heterocycles. The van der Waals surface area contributed by atoms with Gasteiger partial charge in [-0.15, -0.1) is 0 Å². The number of carbonyl (C=O) groups is 1. The van der Waals surface area contributed by atoms with Crippen molar-refractivity contribution in [3.8, 4) is 5.75 Å². The fraction of sp³-hybridized carbons (Fsp3) is 0.462. The molecule has 1 fully saturated rings. The van der Waals surface area contributed by atoms with Gasteiger partial charge < -0.3 is 15.0 Å². The third-order valence-electron chi connectivity index (χ3n) is 3.17. The number of nitrogens with zero attached hydrogens (tertiary/aromatic N) is 2. The van der Waals surface area contributed by atoms with Crippen molar-refractivity contribution in [1.82, 2.24) is 10.2 Å². The maximum atomic E-state index is 11.9. The molecule has 1 amide bonds. The fourth-order valence-electron chi connectivity index (χ4n) is 2.10. The highest BCUT2D eigenvalue weighted by Crippen LogP contribution is 2.34. The van der Waals surface area contributed by atoms with Crippen LogP contribution in [-0.4, -0.2) is 48.5 Å². The average molecular weight is 314 g/mol. The topological polar surface area (TPSA) is 84.7 Å². The van der Waals surface area contributed by atoms with Gasteiger partial charge in [-0.3, -0.25) is 14.9 Å². The Morgan fingerprint density at radius 3 is 2.81 bits per heavy atom. The molecule has 0 radical (unpaired) electrons. The molecule has 0 bridgehead atoms. The summed E-state index contributed by atoms with van der Waals surface area (Å²) in [5.74, 6) is -0.0107. The molecule has 2 rings (SSSR count). The first-order chi connectivity index (χ1) is 10.1. The van der Waals surface area contributed by atoms with Gasteiger partial charge in [-0.1, -0.05) is 17.7 Å². The van der Waals surface area contributed by atoms with Gasteiger partial charge in [0.05, 0.1) is 23.0 Å². The fourth-order valence-corrected chi connectivity index (χ4v) is 2.32. The highest BCUT2D eigenvalue weighted by molar-refractivity contribution is 6.32. The van der Waals surface area contributed by atoms with Crippen LogP contribution in [0, 0.1) is 10.1 Å². The first-order valence-corrected chi connectivity index (χ1v) is 7.01. The van der Waals surface area contributed by atoms with Crippen molar-refractivity contribution in [1.29, 1.82) is 0 Å². The summed E-state index contributed by atoms with van der Waals surface area (Å²) in [6, 6.07) is 4.32.